The molecular formula is C25H23NW. The van der Waals surface area contributed by atoms with E-state index in [1.54, 1.807) is 0 Å². The molecule has 3 rings (SSSR count). The third-order valence-electron chi connectivity index (χ3n) is 4.38. The molecule has 3 aromatic rings. The Morgan fingerprint density at radius 2 is 1.59 bits per heavy atom. The summed E-state index contributed by atoms with van der Waals surface area (Å²) in [5, 5.41) is 0. The number of allylic oxidation sites excluding steroid dienone is 3. The van der Waals surface area contributed by atoms with E-state index in [9.17, 15) is 0 Å². The molecule has 0 atom stereocenters. The summed E-state index contributed by atoms with van der Waals surface area (Å²) in [5.41, 5.74) is 7.24. The molecule has 0 aliphatic carbocycles. The Bertz CT molecular complexity index is 970. The van der Waals surface area contributed by atoms with Crippen LogP contribution >= 0.6 is 0 Å². The SMILES string of the molecule is Cc1cccc(N(C=C(C=C[CH]=[W])c2ccccc2)c2ccccc2C)c1. The zero-order valence-corrected chi connectivity index (χ0v) is 18.6. The molecule has 1 nitrogen and oxygen atoms in total. The molecule has 0 bridgehead atoms. The van der Waals surface area contributed by atoms with Crippen molar-refractivity contribution in [2.45, 2.75) is 13.8 Å². The van der Waals surface area contributed by atoms with Crippen molar-refractivity contribution in [2.75, 3.05) is 4.90 Å². The molecule has 3 aromatic carbocycles. The minimum absolute atomic E-state index is 1.16. The summed E-state index contributed by atoms with van der Waals surface area (Å²) in [7, 11) is 0. The quantitative estimate of drug-likeness (QED) is 0.340. The van der Waals surface area contributed by atoms with Crippen LogP contribution in [0.2, 0.25) is 0 Å². The number of hydrogen-bond donors (Lipinski definition) is 0. The monoisotopic (exact) mass is 521 g/mol. The fourth-order valence-corrected chi connectivity index (χ4v) is 3.30. The normalized spacial score (nSPS) is 11.6. The van der Waals surface area contributed by atoms with Gasteiger partial charge in [-0.2, -0.15) is 0 Å². The summed E-state index contributed by atoms with van der Waals surface area (Å²) in [5.74, 6) is 0. The summed E-state index contributed by atoms with van der Waals surface area (Å²) in [6.45, 7) is 4.29. The van der Waals surface area contributed by atoms with Crippen LogP contribution in [0.1, 0.15) is 16.7 Å². The Hall–Kier alpha value is -2.50. The molecule has 2 heteroatoms. The number of aryl methyl sites for hydroxylation is 2. The van der Waals surface area contributed by atoms with Gasteiger partial charge >= 0.3 is 173 Å². The first-order valence-electron chi connectivity index (χ1n) is 8.99. The second kappa shape index (κ2) is 9.44. The summed E-state index contributed by atoms with van der Waals surface area (Å²) in [4.78, 5) is 2.29. The van der Waals surface area contributed by atoms with Gasteiger partial charge in [0.1, 0.15) is 0 Å². The molecule has 0 fully saturated rings. The predicted octanol–water partition coefficient (Wildman–Crippen LogP) is 6.39. The Morgan fingerprint density at radius 3 is 2.30 bits per heavy atom. The molecule has 0 aliphatic heterocycles. The second-order valence-corrected chi connectivity index (χ2v) is 7.42. The number of nitrogens with zero attached hydrogens (tertiary/aromatic N) is 1. The van der Waals surface area contributed by atoms with Crippen molar-refractivity contribution in [3.8, 4) is 0 Å². The fraction of sp³-hybridized carbons (Fsp3) is 0.0800. The summed E-state index contributed by atoms with van der Waals surface area (Å²) >= 11 is 1.45. The average molecular weight is 521 g/mol. The first-order valence-corrected chi connectivity index (χ1v) is 10.7. The van der Waals surface area contributed by atoms with E-state index >= 15 is 0 Å². The molecule has 0 aliphatic rings. The third kappa shape index (κ3) is 5.02. The van der Waals surface area contributed by atoms with Crippen LogP contribution in [-0.2, 0) is 19.4 Å². The third-order valence-corrected chi connectivity index (χ3v) is 4.95. The zero-order chi connectivity index (χ0) is 19.1. The summed E-state index contributed by atoms with van der Waals surface area (Å²) in [6, 6.07) is 27.7. The molecule has 0 N–H and O–H groups in total. The Kier molecular flexibility index (Phi) is 6.73. The van der Waals surface area contributed by atoms with Gasteiger partial charge in [-0.1, -0.05) is 0 Å². The van der Waals surface area contributed by atoms with Gasteiger partial charge < -0.3 is 0 Å². The van der Waals surface area contributed by atoms with Crippen LogP contribution in [0.25, 0.3) is 5.57 Å². The van der Waals surface area contributed by atoms with Gasteiger partial charge in [0.25, 0.3) is 0 Å². The van der Waals surface area contributed by atoms with Gasteiger partial charge in [-0.25, -0.2) is 0 Å². The average Bonchev–Trinajstić information content (AvgIpc) is 2.70. The van der Waals surface area contributed by atoms with Crippen LogP contribution in [0.5, 0.6) is 0 Å². The zero-order valence-electron chi connectivity index (χ0n) is 15.7. The van der Waals surface area contributed by atoms with Crippen LogP contribution in [0.15, 0.2) is 97.2 Å². The van der Waals surface area contributed by atoms with E-state index in [-0.39, 0.29) is 0 Å². The van der Waals surface area contributed by atoms with E-state index in [4.69, 9.17) is 0 Å². The van der Waals surface area contributed by atoms with E-state index < -0.39 is 0 Å². The van der Waals surface area contributed by atoms with E-state index in [2.05, 4.69) is 120 Å². The van der Waals surface area contributed by atoms with Crippen LogP contribution in [-0.4, -0.2) is 4.40 Å². The Balaban J connectivity index is 2.19. The molecule has 134 valence electrons. The molecule has 27 heavy (non-hydrogen) atoms. The van der Waals surface area contributed by atoms with Crippen LogP contribution < -0.4 is 4.90 Å². The van der Waals surface area contributed by atoms with Crippen molar-refractivity contribution in [3.63, 3.8) is 0 Å². The molecule has 0 aromatic heterocycles. The molecule has 0 radical (unpaired) electrons. The Labute approximate surface area is 173 Å². The van der Waals surface area contributed by atoms with E-state index in [1.165, 1.54) is 47.3 Å². The van der Waals surface area contributed by atoms with E-state index in [1.807, 2.05) is 0 Å². The molecule has 0 saturated carbocycles. The molecular weight excluding hydrogens is 498 g/mol. The predicted molar refractivity (Wildman–Crippen MR) is 114 cm³/mol. The van der Waals surface area contributed by atoms with Gasteiger partial charge in [0.05, 0.1) is 0 Å². The fourth-order valence-electron chi connectivity index (χ4n) is 3.02. The van der Waals surface area contributed by atoms with Gasteiger partial charge in [-0.05, 0) is 0 Å². The standard InChI is InChI=1S/C25H23N.W/c1-4-11-23(22-14-6-5-7-15-22)19-26(24-16-10-12-20(2)18-24)25-17-9-8-13-21(25)3;/h1,4-19H,2-3H3;. The summed E-state index contributed by atoms with van der Waals surface area (Å²) < 4.78 is 2.14. The molecule has 0 amide bonds. The van der Waals surface area contributed by atoms with E-state index in [0.29, 0.717) is 0 Å². The van der Waals surface area contributed by atoms with Crippen molar-refractivity contribution in [1.82, 2.24) is 0 Å². The van der Waals surface area contributed by atoms with E-state index in [0.717, 1.165) is 5.69 Å². The molecule has 0 saturated heterocycles. The van der Waals surface area contributed by atoms with Crippen LogP contribution in [0.4, 0.5) is 11.4 Å². The van der Waals surface area contributed by atoms with Crippen molar-refractivity contribution < 1.29 is 19.4 Å². The number of para-hydroxylation sites is 1. The van der Waals surface area contributed by atoms with Crippen LogP contribution in [0, 0.1) is 13.8 Å². The summed E-state index contributed by atoms with van der Waals surface area (Å²) in [6.07, 6.45) is 6.55. The maximum atomic E-state index is 2.29. The number of rotatable bonds is 6. The van der Waals surface area contributed by atoms with Crippen molar-refractivity contribution in [3.05, 3.63) is 114 Å². The number of benzene rings is 3. The van der Waals surface area contributed by atoms with Crippen LogP contribution in [0.3, 0.4) is 0 Å². The molecule has 0 heterocycles. The maximum absolute atomic E-state index is 2.29. The van der Waals surface area contributed by atoms with Gasteiger partial charge in [0, 0.05) is 0 Å². The van der Waals surface area contributed by atoms with Gasteiger partial charge in [0.2, 0.25) is 0 Å². The van der Waals surface area contributed by atoms with Gasteiger partial charge in [0.15, 0.2) is 0 Å². The molecule has 0 unspecified atom stereocenters. The number of hydrogen-bond acceptors (Lipinski definition) is 1. The Morgan fingerprint density at radius 1 is 0.852 bits per heavy atom. The number of anilines is 2. The first kappa shape index (κ1) is 19.3. The minimum atomic E-state index is 1.16. The van der Waals surface area contributed by atoms with Gasteiger partial charge in [-0.3, -0.25) is 0 Å². The molecule has 0 spiro atoms. The van der Waals surface area contributed by atoms with Gasteiger partial charge in [-0.15, -0.1) is 0 Å². The topological polar surface area (TPSA) is 3.24 Å². The first-order chi connectivity index (χ1) is 13.2. The van der Waals surface area contributed by atoms with Crippen molar-refractivity contribution in [1.29, 1.82) is 0 Å². The second-order valence-electron chi connectivity index (χ2n) is 6.44. The van der Waals surface area contributed by atoms with Crippen molar-refractivity contribution in [2.24, 2.45) is 0 Å². The van der Waals surface area contributed by atoms with Crippen molar-refractivity contribution >= 4 is 21.3 Å².